The van der Waals surface area contributed by atoms with E-state index in [0.29, 0.717) is 18.4 Å². The van der Waals surface area contributed by atoms with Crippen LogP contribution in [0.2, 0.25) is 0 Å². The summed E-state index contributed by atoms with van der Waals surface area (Å²) in [5, 5.41) is 0. The molecule has 0 heterocycles. The summed E-state index contributed by atoms with van der Waals surface area (Å²) in [6, 6.07) is 0. The van der Waals surface area contributed by atoms with Crippen molar-refractivity contribution in [2.45, 2.75) is 108 Å². The minimum Gasteiger partial charge on any atom is -0.455 e. The first-order valence-corrected chi connectivity index (χ1v) is 17.5. The van der Waals surface area contributed by atoms with E-state index in [0.717, 1.165) is 27.9 Å². The molecule has 0 aromatic rings. The Labute approximate surface area is 300 Å². The van der Waals surface area contributed by atoms with Gasteiger partial charge in [0.25, 0.3) is 0 Å². The van der Waals surface area contributed by atoms with Gasteiger partial charge in [-0.1, -0.05) is 142 Å². The van der Waals surface area contributed by atoms with Crippen LogP contribution in [-0.4, -0.2) is 35.7 Å². The second kappa shape index (κ2) is 18.6. The molecule has 0 spiro atoms. The van der Waals surface area contributed by atoms with E-state index in [1.165, 1.54) is 13.8 Å². The molecule has 0 radical (unpaired) electrons. The Morgan fingerprint density at radius 3 is 1.64 bits per heavy atom. The molecule has 6 heteroatoms. The van der Waals surface area contributed by atoms with Gasteiger partial charge in [0, 0.05) is 26.2 Å². The van der Waals surface area contributed by atoms with Gasteiger partial charge in [-0.15, -0.1) is 0 Å². The third-order valence-electron chi connectivity index (χ3n) is 9.37. The molecular weight excluding hydrogens is 624 g/mol. The predicted octanol–water partition coefficient (Wildman–Crippen LogP) is 9.98. The van der Waals surface area contributed by atoms with Crippen LogP contribution < -0.4 is 0 Å². The molecule has 1 saturated carbocycles. The minimum absolute atomic E-state index is 0.00688. The zero-order valence-corrected chi connectivity index (χ0v) is 32.3. The van der Waals surface area contributed by atoms with E-state index in [2.05, 4.69) is 71.1 Å². The Morgan fingerprint density at radius 1 is 0.660 bits per heavy atom. The van der Waals surface area contributed by atoms with Gasteiger partial charge in [-0.2, -0.15) is 0 Å². The van der Waals surface area contributed by atoms with Crippen molar-refractivity contribution in [1.29, 1.82) is 0 Å². The number of allylic oxidation sites excluding steroid dienone is 19. The fourth-order valence-corrected chi connectivity index (χ4v) is 6.59. The van der Waals surface area contributed by atoms with E-state index in [-0.39, 0.29) is 34.2 Å². The molecule has 4 atom stereocenters. The highest BCUT2D eigenvalue weighted by molar-refractivity contribution is 6.01. The van der Waals surface area contributed by atoms with Crippen LogP contribution in [-0.2, 0) is 28.7 Å². The standard InChI is InChI=1S/C44H58O6/c1-29(19-15-21-31(3)23-25-37-33(5)41(47)39(49-35(7)45)27-43(37,9)10)17-13-14-18-30(2)20-16-22-32(4)24-26-38-34(6)42(48)40(50-36(8)46)28-44(38,11)12/h13-26,33,37,39-40H,27-28H2,1-12H3/b14-13+,19-15+,20-16+,25-23+,26-24+,29-17+,30-18+,31-21+,32-22+/t33-,37?,39-,40-/m0/s1. The van der Waals surface area contributed by atoms with Crippen molar-refractivity contribution in [3.05, 3.63) is 119 Å². The summed E-state index contributed by atoms with van der Waals surface area (Å²) < 4.78 is 10.6. The monoisotopic (exact) mass is 682 g/mol. The van der Waals surface area contributed by atoms with Crippen molar-refractivity contribution in [3.63, 3.8) is 0 Å². The maximum atomic E-state index is 12.8. The molecule has 0 aromatic heterocycles. The first-order chi connectivity index (χ1) is 23.2. The van der Waals surface area contributed by atoms with Crippen LogP contribution in [0, 0.1) is 22.7 Å². The Bertz CT molecular complexity index is 1610. The number of hydrogen-bond acceptors (Lipinski definition) is 6. The molecule has 2 aliphatic carbocycles. The maximum absolute atomic E-state index is 12.8. The van der Waals surface area contributed by atoms with Gasteiger partial charge in [0.1, 0.15) is 0 Å². The molecule has 0 amide bonds. The van der Waals surface area contributed by atoms with Crippen LogP contribution in [0.1, 0.15) is 95.9 Å². The SMILES string of the molecule is CC(=O)O[C@H]1CC(C)(C)C(/C=C/C(C)=C/C=C/C(C)=C/C=C/C=C(C)/C=C/C=C(C)/C=C/C2[C@H](C)C(=O)[C@@H](OC(C)=O)CC2(C)C)=C(C)C1=O. The highest BCUT2D eigenvalue weighted by Crippen LogP contribution is 2.44. The van der Waals surface area contributed by atoms with Gasteiger partial charge in [0.15, 0.2) is 23.8 Å². The van der Waals surface area contributed by atoms with Crippen molar-refractivity contribution < 1.29 is 28.7 Å². The van der Waals surface area contributed by atoms with Crippen molar-refractivity contribution in [3.8, 4) is 0 Å². The number of hydrogen-bond donors (Lipinski definition) is 0. The fourth-order valence-electron chi connectivity index (χ4n) is 6.59. The fraction of sp³-hybridized carbons (Fsp3) is 0.455. The molecule has 0 bridgehead atoms. The highest BCUT2D eigenvalue weighted by Gasteiger charge is 2.46. The number of carbonyl (C=O) groups excluding carboxylic acids is 4. The van der Waals surface area contributed by atoms with E-state index >= 15 is 0 Å². The zero-order valence-electron chi connectivity index (χ0n) is 32.3. The third-order valence-corrected chi connectivity index (χ3v) is 9.37. The average Bonchev–Trinajstić information content (AvgIpc) is 2.99. The molecule has 2 aliphatic rings. The van der Waals surface area contributed by atoms with Crippen LogP contribution >= 0.6 is 0 Å². The second-order valence-corrected chi connectivity index (χ2v) is 15.0. The summed E-state index contributed by atoms with van der Waals surface area (Å²) in [5.41, 5.74) is 5.50. The van der Waals surface area contributed by atoms with Crippen LogP contribution in [0.4, 0.5) is 0 Å². The number of rotatable bonds is 12. The molecule has 0 N–H and O–H groups in total. The van der Waals surface area contributed by atoms with E-state index < -0.39 is 24.1 Å². The number of Topliss-reactive ketones (excluding diaryl/α,β-unsaturated/α-hetero) is 2. The lowest BCUT2D eigenvalue weighted by Crippen LogP contribution is -2.47. The number of ketones is 2. The Balaban J connectivity index is 1.95. The van der Waals surface area contributed by atoms with Gasteiger partial charge >= 0.3 is 11.9 Å². The van der Waals surface area contributed by atoms with Crippen molar-refractivity contribution in [2.75, 3.05) is 0 Å². The van der Waals surface area contributed by atoms with E-state index in [1.807, 2.05) is 76.3 Å². The number of carbonyl (C=O) groups is 4. The number of ether oxygens (including phenoxy) is 2. The van der Waals surface area contributed by atoms with Crippen molar-refractivity contribution in [1.82, 2.24) is 0 Å². The zero-order chi connectivity index (χ0) is 37.8. The summed E-state index contributed by atoms with van der Waals surface area (Å²) >= 11 is 0. The highest BCUT2D eigenvalue weighted by atomic mass is 16.5. The van der Waals surface area contributed by atoms with Gasteiger partial charge in [-0.25, -0.2) is 0 Å². The molecule has 2 rings (SSSR count). The van der Waals surface area contributed by atoms with E-state index in [4.69, 9.17) is 9.47 Å². The molecule has 6 nitrogen and oxygen atoms in total. The third kappa shape index (κ3) is 12.9. The molecule has 1 unspecified atom stereocenters. The topological polar surface area (TPSA) is 86.7 Å². The predicted molar refractivity (Wildman–Crippen MR) is 204 cm³/mol. The van der Waals surface area contributed by atoms with Gasteiger partial charge in [-0.05, 0) is 68.9 Å². The summed E-state index contributed by atoms with van der Waals surface area (Å²) in [5.74, 6) is -1.15. The normalized spacial score (nSPS) is 25.6. The lowest BCUT2D eigenvalue weighted by Gasteiger charge is -2.43. The Kier molecular flexibility index (Phi) is 15.6. The quantitative estimate of drug-likeness (QED) is 0.150. The molecule has 0 saturated heterocycles. The van der Waals surface area contributed by atoms with Gasteiger partial charge in [0.05, 0.1) is 0 Å². The number of esters is 2. The summed E-state index contributed by atoms with van der Waals surface area (Å²) in [7, 11) is 0. The Morgan fingerprint density at radius 2 is 1.12 bits per heavy atom. The summed E-state index contributed by atoms with van der Waals surface area (Å²) in [4.78, 5) is 48.4. The smallest absolute Gasteiger partial charge is 0.303 e. The molecule has 0 aliphatic heterocycles. The summed E-state index contributed by atoms with van der Waals surface area (Å²) in [6.45, 7) is 23.0. The van der Waals surface area contributed by atoms with Gasteiger partial charge in [-0.3, -0.25) is 19.2 Å². The van der Waals surface area contributed by atoms with Crippen molar-refractivity contribution in [2.24, 2.45) is 22.7 Å². The van der Waals surface area contributed by atoms with Gasteiger partial charge in [0.2, 0.25) is 0 Å². The van der Waals surface area contributed by atoms with Crippen LogP contribution in [0.5, 0.6) is 0 Å². The minimum atomic E-state index is -0.718. The largest absolute Gasteiger partial charge is 0.455 e. The molecule has 0 aromatic carbocycles. The van der Waals surface area contributed by atoms with Crippen LogP contribution in [0.3, 0.4) is 0 Å². The average molecular weight is 683 g/mol. The van der Waals surface area contributed by atoms with E-state index in [9.17, 15) is 19.2 Å². The Hall–Kier alpha value is -4.32. The van der Waals surface area contributed by atoms with Gasteiger partial charge < -0.3 is 9.47 Å². The van der Waals surface area contributed by atoms with Crippen LogP contribution in [0.25, 0.3) is 0 Å². The molecular formula is C44H58O6. The first kappa shape index (κ1) is 41.8. The molecule has 50 heavy (non-hydrogen) atoms. The summed E-state index contributed by atoms with van der Waals surface area (Å²) in [6.07, 6.45) is 28.2. The second-order valence-electron chi connectivity index (χ2n) is 15.0. The van der Waals surface area contributed by atoms with E-state index in [1.54, 1.807) is 6.92 Å². The maximum Gasteiger partial charge on any atom is 0.303 e. The lowest BCUT2D eigenvalue weighted by atomic mass is 9.62. The molecule has 270 valence electrons. The molecule has 1 fully saturated rings. The van der Waals surface area contributed by atoms with Crippen LogP contribution in [0.15, 0.2) is 119 Å². The first-order valence-electron chi connectivity index (χ1n) is 17.5. The van der Waals surface area contributed by atoms with Crippen molar-refractivity contribution >= 4 is 23.5 Å². The lowest BCUT2D eigenvalue weighted by molar-refractivity contribution is -0.161.